The van der Waals surface area contributed by atoms with Gasteiger partial charge in [-0.25, -0.2) is 0 Å². The van der Waals surface area contributed by atoms with Gasteiger partial charge in [0, 0.05) is 25.0 Å². The molecule has 0 spiro atoms. The minimum Gasteiger partial charge on any atom is -0.497 e. The van der Waals surface area contributed by atoms with Crippen LogP contribution in [0.1, 0.15) is 38.9 Å². The van der Waals surface area contributed by atoms with Crippen LogP contribution in [0.2, 0.25) is 0 Å². The highest BCUT2D eigenvalue weighted by molar-refractivity contribution is 5.89. The fourth-order valence-electron chi connectivity index (χ4n) is 2.82. The number of methoxy groups -OCH3 is 1. The quantitative estimate of drug-likeness (QED) is 0.855. The van der Waals surface area contributed by atoms with Crippen LogP contribution in [-0.4, -0.2) is 47.6 Å². The summed E-state index contributed by atoms with van der Waals surface area (Å²) in [5, 5.41) is 12.9. The Morgan fingerprint density at radius 2 is 2.00 bits per heavy atom. The molecule has 2 atom stereocenters. The first-order valence-corrected chi connectivity index (χ1v) is 8.12. The molecular formula is C18H26N2O4. The van der Waals surface area contributed by atoms with E-state index >= 15 is 0 Å². The number of carbonyl (C=O) groups excluding carboxylic acids is 2. The van der Waals surface area contributed by atoms with E-state index in [0.717, 1.165) is 0 Å². The summed E-state index contributed by atoms with van der Waals surface area (Å²) in [5.41, 5.74) is 0.421. The number of rotatable bonds is 5. The van der Waals surface area contributed by atoms with Crippen LogP contribution in [0.4, 0.5) is 0 Å². The Labute approximate surface area is 142 Å². The summed E-state index contributed by atoms with van der Waals surface area (Å²) in [5.74, 6) is 0.155. The van der Waals surface area contributed by atoms with Crippen LogP contribution < -0.4 is 10.1 Å². The van der Waals surface area contributed by atoms with Crippen molar-refractivity contribution in [3.8, 4) is 5.75 Å². The number of amides is 2. The van der Waals surface area contributed by atoms with Crippen LogP contribution in [-0.2, 0) is 9.59 Å². The zero-order valence-electron chi connectivity index (χ0n) is 14.7. The minimum absolute atomic E-state index is 0.00153. The summed E-state index contributed by atoms with van der Waals surface area (Å²) in [7, 11) is 1.58. The van der Waals surface area contributed by atoms with Gasteiger partial charge in [0.25, 0.3) is 0 Å². The molecule has 1 aliphatic rings. The average molecular weight is 334 g/mol. The highest BCUT2D eigenvalue weighted by atomic mass is 16.5. The van der Waals surface area contributed by atoms with E-state index < -0.39 is 6.10 Å². The second-order valence-electron chi connectivity index (χ2n) is 7.11. The van der Waals surface area contributed by atoms with Crippen molar-refractivity contribution in [1.82, 2.24) is 10.2 Å². The number of carbonyl (C=O) groups is 2. The lowest BCUT2D eigenvalue weighted by Gasteiger charge is -2.32. The molecule has 1 aromatic carbocycles. The van der Waals surface area contributed by atoms with Crippen molar-refractivity contribution in [3.05, 3.63) is 29.8 Å². The zero-order chi connectivity index (χ0) is 17.9. The smallest absolute Gasteiger partial charge is 0.225 e. The van der Waals surface area contributed by atoms with Crippen molar-refractivity contribution in [3.63, 3.8) is 0 Å². The van der Waals surface area contributed by atoms with Gasteiger partial charge in [0.2, 0.25) is 11.8 Å². The van der Waals surface area contributed by atoms with Crippen LogP contribution in [0.3, 0.4) is 0 Å². The molecular weight excluding hydrogens is 308 g/mol. The molecule has 2 unspecified atom stereocenters. The first kappa shape index (κ1) is 18.3. The van der Waals surface area contributed by atoms with Crippen LogP contribution in [0.15, 0.2) is 24.3 Å². The Hall–Kier alpha value is -2.08. The molecule has 0 bridgehead atoms. The third-order valence-corrected chi connectivity index (χ3v) is 4.28. The van der Waals surface area contributed by atoms with Crippen molar-refractivity contribution < 1.29 is 19.4 Å². The topological polar surface area (TPSA) is 78.9 Å². The van der Waals surface area contributed by atoms with E-state index in [-0.39, 0.29) is 36.2 Å². The van der Waals surface area contributed by atoms with Gasteiger partial charge in [0.15, 0.2) is 0 Å². The lowest BCUT2D eigenvalue weighted by molar-refractivity contribution is -0.132. The van der Waals surface area contributed by atoms with Gasteiger partial charge in [-0.3, -0.25) is 9.59 Å². The Balaban J connectivity index is 1.87. The molecule has 0 aromatic heterocycles. The maximum atomic E-state index is 12.3. The standard InChI is InChI=1S/C18H26N2O4/c1-18(2,3)20-11-13(9-16(20)22)17(23)19-10-15(21)12-5-7-14(24-4)8-6-12/h5-8,13,15,21H,9-11H2,1-4H3,(H,19,23). The number of benzene rings is 1. The van der Waals surface area contributed by atoms with Crippen LogP contribution >= 0.6 is 0 Å². The summed E-state index contributed by atoms with van der Waals surface area (Å²) in [6, 6.07) is 7.04. The maximum Gasteiger partial charge on any atom is 0.225 e. The summed E-state index contributed by atoms with van der Waals surface area (Å²) >= 11 is 0. The summed E-state index contributed by atoms with van der Waals surface area (Å²) in [4.78, 5) is 26.1. The minimum atomic E-state index is -0.796. The fraction of sp³-hybridized carbons (Fsp3) is 0.556. The Kier molecular flexibility index (Phi) is 5.49. The Morgan fingerprint density at radius 3 is 2.50 bits per heavy atom. The number of hydrogen-bond donors (Lipinski definition) is 2. The first-order valence-electron chi connectivity index (χ1n) is 8.12. The predicted molar refractivity (Wildman–Crippen MR) is 90.5 cm³/mol. The molecule has 1 saturated heterocycles. The second kappa shape index (κ2) is 7.21. The largest absolute Gasteiger partial charge is 0.497 e. The van der Waals surface area contributed by atoms with Crippen LogP contribution in [0, 0.1) is 5.92 Å². The van der Waals surface area contributed by atoms with E-state index in [2.05, 4.69) is 5.32 Å². The van der Waals surface area contributed by atoms with E-state index in [1.165, 1.54) is 0 Å². The average Bonchev–Trinajstić information content (AvgIpc) is 2.94. The van der Waals surface area contributed by atoms with Crippen molar-refractivity contribution >= 4 is 11.8 Å². The van der Waals surface area contributed by atoms with Crippen molar-refractivity contribution in [2.75, 3.05) is 20.2 Å². The molecule has 24 heavy (non-hydrogen) atoms. The number of ether oxygens (including phenoxy) is 1. The van der Waals surface area contributed by atoms with Gasteiger partial charge in [-0.1, -0.05) is 12.1 Å². The van der Waals surface area contributed by atoms with Crippen LogP contribution in [0.25, 0.3) is 0 Å². The first-order chi connectivity index (χ1) is 11.2. The van der Waals surface area contributed by atoms with E-state index in [1.54, 1.807) is 36.3 Å². The van der Waals surface area contributed by atoms with E-state index in [1.807, 2.05) is 20.8 Å². The van der Waals surface area contributed by atoms with Gasteiger partial charge >= 0.3 is 0 Å². The number of nitrogens with one attached hydrogen (secondary N) is 1. The summed E-state index contributed by atoms with van der Waals surface area (Å²) in [6.07, 6.45) is -0.572. The molecule has 1 fully saturated rings. The molecule has 1 heterocycles. The molecule has 0 radical (unpaired) electrons. The Bertz CT molecular complexity index is 592. The summed E-state index contributed by atoms with van der Waals surface area (Å²) in [6.45, 7) is 6.41. The highest BCUT2D eigenvalue weighted by Crippen LogP contribution is 2.26. The molecule has 1 aliphatic heterocycles. The lowest BCUT2D eigenvalue weighted by Crippen LogP contribution is -2.43. The third kappa shape index (κ3) is 4.26. The predicted octanol–water partition coefficient (Wildman–Crippen LogP) is 1.49. The molecule has 6 nitrogen and oxygen atoms in total. The zero-order valence-corrected chi connectivity index (χ0v) is 14.7. The number of aliphatic hydroxyl groups excluding tert-OH is 1. The second-order valence-corrected chi connectivity index (χ2v) is 7.11. The van der Waals surface area contributed by atoms with E-state index in [4.69, 9.17) is 4.74 Å². The van der Waals surface area contributed by atoms with Crippen molar-refractivity contribution in [2.45, 2.75) is 38.8 Å². The molecule has 2 amide bonds. The molecule has 6 heteroatoms. The molecule has 0 aliphatic carbocycles. The lowest BCUT2D eigenvalue weighted by atomic mass is 10.1. The fourth-order valence-corrected chi connectivity index (χ4v) is 2.82. The monoisotopic (exact) mass is 334 g/mol. The van der Waals surface area contributed by atoms with Gasteiger partial charge in [0.05, 0.1) is 19.1 Å². The number of aliphatic hydroxyl groups is 1. The normalized spacial score (nSPS) is 19.3. The van der Waals surface area contributed by atoms with Gasteiger partial charge in [-0.05, 0) is 38.5 Å². The Morgan fingerprint density at radius 1 is 1.38 bits per heavy atom. The van der Waals surface area contributed by atoms with Gasteiger partial charge in [0.1, 0.15) is 5.75 Å². The molecule has 132 valence electrons. The van der Waals surface area contributed by atoms with Crippen molar-refractivity contribution in [1.29, 1.82) is 0 Å². The van der Waals surface area contributed by atoms with Gasteiger partial charge in [-0.2, -0.15) is 0 Å². The van der Waals surface area contributed by atoms with Crippen molar-refractivity contribution in [2.24, 2.45) is 5.92 Å². The van der Waals surface area contributed by atoms with Gasteiger partial charge < -0.3 is 20.1 Å². The maximum absolute atomic E-state index is 12.3. The SMILES string of the molecule is COc1ccc(C(O)CNC(=O)C2CC(=O)N(C(C)(C)C)C2)cc1. The van der Waals surface area contributed by atoms with Crippen LogP contribution in [0.5, 0.6) is 5.75 Å². The third-order valence-electron chi connectivity index (χ3n) is 4.28. The molecule has 0 saturated carbocycles. The summed E-state index contributed by atoms with van der Waals surface area (Å²) < 4.78 is 5.07. The molecule has 1 aromatic rings. The van der Waals surface area contributed by atoms with Gasteiger partial charge in [-0.15, -0.1) is 0 Å². The van der Waals surface area contributed by atoms with E-state index in [9.17, 15) is 14.7 Å². The number of hydrogen-bond acceptors (Lipinski definition) is 4. The highest BCUT2D eigenvalue weighted by Gasteiger charge is 2.39. The number of nitrogens with zero attached hydrogens (tertiary/aromatic N) is 1. The molecule has 2 N–H and O–H groups in total. The molecule has 2 rings (SSSR count). The number of likely N-dealkylation sites (tertiary alicyclic amines) is 1. The van der Waals surface area contributed by atoms with E-state index in [0.29, 0.717) is 17.9 Å².